The van der Waals surface area contributed by atoms with Crippen molar-refractivity contribution in [1.82, 2.24) is 0 Å². The quantitative estimate of drug-likeness (QED) is 0.187. The second-order valence-electron chi connectivity index (χ2n) is 17.7. The first-order valence-corrected chi connectivity index (χ1v) is 18.7. The van der Waals surface area contributed by atoms with Crippen molar-refractivity contribution in [3.05, 3.63) is 130 Å². The molecular formula is C45H44F2. The van der Waals surface area contributed by atoms with Crippen molar-refractivity contribution >= 4 is 0 Å². The summed E-state index contributed by atoms with van der Waals surface area (Å²) in [4.78, 5) is 0. The minimum atomic E-state index is -0.636. The highest BCUT2D eigenvalue weighted by Gasteiger charge is 2.55. The Labute approximate surface area is 278 Å². The Hall–Kier alpha value is -3.26. The van der Waals surface area contributed by atoms with Crippen molar-refractivity contribution in [1.29, 1.82) is 0 Å². The second-order valence-corrected chi connectivity index (χ2v) is 17.7. The normalized spacial score (nSPS) is 36.5. The largest absolute Gasteiger partial charge is 0.207 e. The van der Waals surface area contributed by atoms with Gasteiger partial charge in [-0.25, -0.2) is 8.78 Å². The predicted octanol–water partition coefficient (Wildman–Crippen LogP) is 11.3. The van der Waals surface area contributed by atoms with Crippen LogP contribution in [0, 0.1) is 47.1 Å². The highest BCUT2D eigenvalue weighted by atomic mass is 19.1. The molecule has 0 aliphatic heterocycles. The number of benzene rings is 4. The molecule has 0 spiro atoms. The van der Waals surface area contributed by atoms with Gasteiger partial charge < -0.3 is 0 Å². The Morgan fingerprint density at radius 3 is 1.00 bits per heavy atom. The Kier molecular flexibility index (Phi) is 5.57. The first-order chi connectivity index (χ1) is 22.9. The fraction of sp³-hybridized carbons (Fsp3) is 0.467. The van der Waals surface area contributed by atoms with E-state index in [9.17, 15) is 8.78 Å². The summed E-state index contributed by atoms with van der Waals surface area (Å²) in [5.41, 5.74) is 10.3. The molecule has 0 saturated heterocycles. The van der Waals surface area contributed by atoms with Gasteiger partial charge in [-0.1, -0.05) is 60.7 Å². The molecule has 8 fully saturated rings. The minimum absolute atomic E-state index is 0.217. The van der Waals surface area contributed by atoms with Crippen molar-refractivity contribution in [3.8, 4) is 11.1 Å². The van der Waals surface area contributed by atoms with Gasteiger partial charge in [-0.2, -0.15) is 0 Å². The van der Waals surface area contributed by atoms with Crippen LogP contribution in [0.3, 0.4) is 0 Å². The lowest BCUT2D eigenvalue weighted by molar-refractivity contribution is -0.00530. The van der Waals surface area contributed by atoms with Gasteiger partial charge in [0, 0.05) is 0 Å². The SMILES string of the molecule is Fc1ccc(C2(c3ccc(F)cc3)c3cc(C45CC6CC(CC(C6)C4)C5)ccc3-c3ccc(C45CC6CC(CC(C6)C4)C5)cc32)cc1. The molecule has 2 heteroatoms. The zero-order valence-electron chi connectivity index (χ0n) is 27.3. The molecular weight excluding hydrogens is 578 g/mol. The molecule has 0 N–H and O–H groups in total. The van der Waals surface area contributed by atoms with E-state index < -0.39 is 5.41 Å². The molecule has 0 radical (unpaired) electrons. The number of halogens is 2. The molecule has 47 heavy (non-hydrogen) atoms. The average Bonchev–Trinajstić information content (AvgIpc) is 3.34. The highest BCUT2D eigenvalue weighted by molar-refractivity contribution is 5.87. The molecule has 0 nitrogen and oxygen atoms in total. The van der Waals surface area contributed by atoms with E-state index >= 15 is 0 Å². The van der Waals surface area contributed by atoms with Gasteiger partial charge >= 0.3 is 0 Å². The van der Waals surface area contributed by atoms with Gasteiger partial charge in [0.1, 0.15) is 11.6 Å². The minimum Gasteiger partial charge on any atom is -0.207 e. The smallest absolute Gasteiger partial charge is 0.123 e. The van der Waals surface area contributed by atoms with E-state index in [1.54, 1.807) is 24.3 Å². The maximum absolute atomic E-state index is 14.7. The van der Waals surface area contributed by atoms with E-state index in [1.807, 2.05) is 24.3 Å². The fourth-order valence-electron chi connectivity index (χ4n) is 14.1. The maximum atomic E-state index is 14.7. The van der Waals surface area contributed by atoms with Gasteiger partial charge in [-0.05, 0) is 192 Å². The van der Waals surface area contributed by atoms with Crippen LogP contribution < -0.4 is 0 Å². The standard InChI is InChI=1S/C45H44F2/c46-37-7-1-33(2-8-37)45(34-3-9-38(47)10-4-34)41-19-35(43-21-27-13-28(22-43)15-29(14-27)23-43)5-11-39(41)40-12-6-36(20-42(40)45)44-24-30-16-31(25-44)18-32(17-30)26-44/h1-12,19-20,27-32H,13-18,21-26H2. The summed E-state index contributed by atoms with van der Waals surface area (Å²) in [5, 5.41) is 0. The third kappa shape index (κ3) is 3.79. The number of fused-ring (bicyclic) bond motifs is 3. The van der Waals surface area contributed by atoms with E-state index in [2.05, 4.69) is 36.4 Å². The van der Waals surface area contributed by atoms with Gasteiger partial charge in [0.15, 0.2) is 0 Å². The summed E-state index contributed by atoms with van der Waals surface area (Å²) < 4.78 is 29.3. The van der Waals surface area contributed by atoms with Crippen LogP contribution in [0.4, 0.5) is 8.78 Å². The van der Waals surface area contributed by atoms with E-state index in [0.29, 0.717) is 0 Å². The zero-order chi connectivity index (χ0) is 31.1. The molecule has 13 rings (SSSR count). The first-order valence-electron chi connectivity index (χ1n) is 18.7. The Balaban J connectivity index is 1.16. The summed E-state index contributed by atoms with van der Waals surface area (Å²) >= 11 is 0. The molecule has 9 aliphatic carbocycles. The Morgan fingerprint density at radius 1 is 0.383 bits per heavy atom. The Morgan fingerprint density at radius 2 is 0.681 bits per heavy atom. The van der Waals surface area contributed by atoms with E-state index in [-0.39, 0.29) is 22.5 Å². The lowest BCUT2D eigenvalue weighted by Gasteiger charge is -2.57. The van der Waals surface area contributed by atoms with Crippen LogP contribution >= 0.6 is 0 Å². The van der Waals surface area contributed by atoms with Crippen molar-refractivity contribution in [3.63, 3.8) is 0 Å². The van der Waals surface area contributed by atoms with Gasteiger partial charge in [0.05, 0.1) is 5.41 Å². The average molecular weight is 623 g/mol. The van der Waals surface area contributed by atoms with Crippen LogP contribution in [-0.4, -0.2) is 0 Å². The van der Waals surface area contributed by atoms with Crippen LogP contribution in [0.2, 0.25) is 0 Å². The van der Waals surface area contributed by atoms with E-state index in [0.717, 1.165) is 46.6 Å². The monoisotopic (exact) mass is 622 g/mol. The van der Waals surface area contributed by atoms with Crippen molar-refractivity contribution < 1.29 is 8.78 Å². The molecule has 238 valence electrons. The summed E-state index contributed by atoms with van der Waals surface area (Å²) in [6, 6.07) is 29.5. The highest BCUT2D eigenvalue weighted by Crippen LogP contribution is 2.65. The van der Waals surface area contributed by atoms with Crippen molar-refractivity contribution in [2.45, 2.75) is 93.3 Å². The molecule has 8 saturated carbocycles. The molecule has 0 amide bonds. The van der Waals surface area contributed by atoms with Gasteiger partial charge in [0.25, 0.3) is 0 Å². The van der Waals surface area contributed by atoms with Crippen LogP contribution in [0.25, 0.3) is 11.1 Å². The molecule has 9 aliphatic rings. The van der Waals surface area contributed by atoms with Crippen molar-refractivity contribution in [2.24, 2.45) is 35.5 Å². The molecule has 0 heterocycles. The van der Waals surface area contributed by atoms with E-state index in [1.165, 1.54) is 110 Å². The number of rotatable bonds is 4. The molecule has 0 atom stereocenters. The third-order valence-electron chi connectivity index (χ3n) is 15.0. The summed E-state index contributed by atoms with van der Waals surface area (Å²) in [6.45, 7) is 0. The van der Waals surface area contributed by atoms with Crippen LogP contribution in [0.5, 0.6) is 0 Å². The molecule has 0 unspecified atom stereocenters. The van der Waals surface area contributed by atoms with Crippen LogP contribution in [0.15, 0.2) is 84.9 Å². The van der Waals surface area contributed by atoms with Gasteiger partial charge in [-0.15, -0.1) is 0 Å². The lowest BCUT2D eigenvalue weighted by atomic mass is 9.47. The summed E-state index contributed by atoms with van der Waals surface area (Å²) in [6.07, 6.45) is 16.5. The van der Waals surface area contributed by atoms with Crippen LogP contribution in [0.1, 0.15) is 110 Å². The first kappa shape index (κ1) is 27.7. The zero-order valence-corrected chi connectivity index (χ0v) is 27.3. The topological polar surface area (TPSA) is 0 Å². The maximum Gasteiger partial charge on any atom is 0.123 e. The number of hydrogen-bond donors (Lipinski definition) is 0. The lowest BCUT2D eigenvalue weighted by Crippen LogP contribution is -2.48. The van der Waals surface area contributed by atoms with Crippen molar-refractivity contribution in [2.75, 3.05) is 0 Å². The molecule has 0 aromatic heterocycles. The summed E-state index contributed by atoms with van der Waals surface area (Å²) in [5.74, 6) is 4.78. The summed E-state index contributed by atoms with van der Waals surface area (Å²) in [7, 11) is 0. The van der Waals surface area contributed by atoms with Crippen LogP contribution in [-0.2, 0) is 16.2 Å². The number of hydrogen-bond acceptors (Lipinski definition) is 0. The molecule has 4 aromatic rings. The fourth-order valence-corrected chi connectivity index (χ4v) is 14.1. The van der Waals surface area contributed by atoms with Gasteiger partial charge in [0.2, 0.25) is 0 Å². The second kappa shape index (κ2) is 9.46. The van der Waals surface area contributed by atoms with E-state index in [4.69, 9.17) is 0 Å². The molecule has 4 aromatic carbocycles. The predicted molar refractivity (Wildman–Crippen MR) is 183 cm³/mol. The van der Waals surface area contributed by atoms with Gasteiger partial charge in [-0.3, -0.25) is 0 Å². The Bertz CT molecular complexity index is 1700. The molecule has 8 bridgehead atoms. The third-order valence-corrected chi connectivity index (χ3v) is 15.0.